The Labute approximate surface area is 231 Å². The van der Waals surface area contributed by atoms with Crippen LogP contribution in [0.1, 0.15) is 153 Å². The molecule has 0 radical (unpaired) electrons. The highest BCUT2D eigenvalue weighted by molar-refractivity contribution is 7.99. The summed E-state index contributed by atoms with van der Waals surface area (Å²) in [5.74, 6) is 2.87. The van der Waals surface area contributed by atoms with Crippen LogP contribution in [-0.2, 0) is 0 Å². The number of halogens is 1. The van der Waals surface area contributed by atoms with Gasteiger partial charge in [0.25, 0.3) is 0 Å². The average molecular weight is 547 g/mol. The van der Waals surface area contributed by atoms with Gasteiger partial charge in [0, 0.05) is 0 Å². The summed E-state index contributed by atoms with van der Waals surface area (Å²) in [4.78, 5) is 2.06. The van der Waals surface area contributed by atoms with Crippen molar-refractivity contribution in [3.05, 3.63) is 46.5 Å². The molecular formula is C32H48FO2PS. The molecule has 1 aliphatic heterocycles. The van der Waals surface area contributed by atoms with E-state index >= 15 is 4.20 Å². The molecule has 2 aromatic carbocycles. The predicted molar refractivity (Wildman–Crippen MR) is 160 cm³/mol. The van der Waals surface area contributed by atoms with Crippen molar-refractivity contribution in [3.63, 3.8) is 0 Å². The number of rotatable bonds is 12. The van der Waals surface area contributed by atoms with E-state index in [0.29, 0.717) is 35.2 Å². The largest absolute Gasteiger partial charge is 0.505 e. The van der Waals surface area contributed by atoms with E-state index in [1.807, 2.05) is 0 Å². The van der Waals surface area contributed by atoms with Gasteiger partial charge >= 0.3 is 8.69 Å². The topological polar surface area (TPSA) is 18.5 Å². The first kappa shape index (κ1) is 30.3. The molecule has 4 atom stereocenters. The minimum absolute atomic E-state index is 0.298. The molecule has 0 saturated heterocycles. The van der Waals surface area contributed by atoms with Crippen molar-refractivity contribution in [2.45, 2.75) is 140 Å². The Morgan fingerprint density at radius 3 is 1.32 bits per heavy atom. The van der Waals surface area contributed by atoms with Crippen molar-refractivity contribution >= 4 is 20.4 Å². The molecule has 0 aromatic heterocycles. The maximum absolute atomic E-state index is 15.6. The third-order valence-electron chi connectivity index (χ3n) is 7.84. The minimum Gasteiger partial charge on any atom is -0.413 e. The fourth-order valence-corrected chi connectivity index (χ4v) is 7.58. The van der Waals surface area contributed by atoms with Crippen molar-refractivity contribution in [3.8, 4) is 11.5 Å². The van der Waals surface area contributed by atoms with Gasteiger partial charge in [-0.25, -0.2) is 0 Å². The smallest absolute Gasteiger partial charge is 0.413 e. The molecule has 0 spiro atoms. The lowest BCUT2D eigenvalue weighted by atomic mass is 9.89. The molecule has 5 heteroatoms. The summed E-state index contributed by atoms with van der Waals surface area (Å²) in [5, 5.41) is 0. The lowest BCUT2D eigenvalue weighted by molar-refractivity contribution is 0.415. The molecular weight excluding hydrogens is 498 g/mol. The first-order chi connectivity index (χ1) is 17.7. The van der Waals surface area contributed by atoms with Gasteiger partial charge in [0.2, 0.25) is 0 Å². The van der Waals surface area contributed by atoms with Gasteiger partial charge in [0.1, 0.15) is 11.5 Å². The van der Waals surface area contributed by atoms with Crippen LogP contribution in [0.3, 0.4) is 0 Å². The molecule has 0 aliphatic carbocycles. The zero-order valence-electron chi connectivity index (χ0n) is 24.3. The van der Waals surface area contributed by atoms with Crippen molar-refractivity contribution in [1.82, 2.24) is 0 Å². The van der Waals surface area contributed by atoms with Crippen LogP contribution in [0.15, 0.2) is 34.1 Å². The van der Waals surface area contributed by atoms with E-state index in [1.54, 1.807) is 11.8 Å². The van der Waals surface area contributed by atoms with Gasteiger partial charge in [0.15, 0.2) is 0 Å². The first-order valence-corrected chi connectivity index (χ1v) is 16.5. The standard InChI is InChI=1S/C32H48FO2PS/c1-9-13-21(5)25-17-27(23(7)15-11-3)31-29(19-25)37-30-20-26(22(6)14-10-2)18-28(24(8)16-12-4)32(30)35-36(33)34-31/h17-24H,9-16H2,1-8H3. The Morgan fingerprint density at radius 2 is 0.973 bits per heavy atom. The molecule has 1 aliphatic rings. The van der Waals surface area contributed by atoms with Gasteiger partial charge < -0.3 is 9.05 Å². The highest BCUT2D eigenvalue weighted by Gasteiger charge is 2.31. The monoisotopic (exact) mass is 546 g/mol. The van der Waals surface area contributed by atoms with E-state index in [9.17, 15) is 0 Å². The quantitative estimate of drug-likeness (QED) is 0.247. The third kappa shape index (κ3) is 7.45. The summed E-state index contributed by atoms with van der Waals surface area (Å²) in [6.45, 7) is 18.0. The SMILES string of the molecule is CCCC(C)c1cc2c(c(C(C)CCC)c1)OP(F)Oc1c(cc(C(C)CCC)cc1C(C)CCC)S2. The summed E-state index contributed by atoms with van der Waals surface area (Å²) in [5.41, 5.74) is 4.90. The molecule has 4 unspecified atom stereocenters. The normalized spacial score (nSPS) is 18.4. The third-order valence-corrected chi connectivity index (χ3v) is 9.54. The molecule has 37 heavy (non-hydrogen) atoms. The summed E-state index contributed by atoms with van der Waals surface area (Å²) < 4.78 is 27.7. The molecule has 0 saturated carbocycles. The van der Waals surface area contributed by atoms with Gasteiger partial charge in [-0.05, 0) is 83.7 Å². The number of benzene rings is 2. The first-order valence-electron chi connectivity index (χ1n) is 14.6. The van der Waals surface area contributed by atoms with Crippen LogP contribution in [0.2, 0.25) is 0 Å². The van der Waals surface area contributed by atoms with Crippen LogP contribution >= 0.6 is 20.4 Å². The van der Waals surface area contributed by atoms with Crippen LogP contribution in [0, 0.1) is 0 Å². The Morgan fingerprint density at radius 1 is 0.622 bits per heavy atom. The van der Waals surface area contributed by atoms with Gasteiger partial charge in [-0.15, -0.1) is 4.20 Å². The van der Waals surface area contributed by atoms with E-state index in [-0.39, 0.29) is 0 Å². The van der Waals surface area contributed by atoms with Crippen LogP contribution < -0.4 is 9.05 Å². The summed E-state index contributed by atoms with van der Waals surface area (Å²) in [6, 6.07) is 9.08. The second-order valence-corrected chi connectivity index (χ2v) is 13.0. The molecule has 0 N–H and O–H groups in total. The zero-order valence-corrected chi connectivity index (χ0v) is 26.0. The van der Waals surface area contributed by atoms with E-state index in [1.165, 1.54) is 11.1 Å². The van der Waals surface area contributed by atoms with E-state index in [0.717, 1.165) is 72.3 Å². The van der Waals surface area contributed by atoms with E-state index in [4.69, 9.17) is 9.05 Å². The van der Waals surface area contributed by atoms with Crippen LogP contribution in [0.5, 0.6) is 11.5 Å². The van der Waals surface area contributed by atoms with Crippen molar-refractivity contribution in [2.24, 2.45) is 0 Å². The molecule has 2 aromatic rings. The lowest BCUT2D eigenvalue weighted by Crippen LogP contribution is -2.08. The van der Waals surface area contributed by atoms with Crippen molar-refractivity contribution < 1.29 is 13.2 Å². The van der Waals surface area contributed by atoms with Crippen LogP contribution in [0.4, 0.5) is 4.20 Å². The summed E-state index contributed by atoms with van der Waals surface area (Å²) in [6.07, 6.45) is 8.82. The number of hydrogen-bond acceptors (Lipinski definition) is 3. The average Bonchev–Trinajstić information content (AvgIpc) is 2.85. The maximum atomic E-state index is 15.6. The molecule has 0 amide bonds. The van der Waals surface area contributed by atoms with Gasteiger partial charge in [-0.1, -0.05) is 105 Å². The van der Waals surface area contributed by atoms with Gasteiger partial charge in [-0.2, -0.15) is 0 Å². The molecule has 206 valence electrons. The van der Waals surface area contributed by atoms with Crippen molar-refractivity contribution in [2.75, 3.05) is 0 Å². The summed E-state index contributed by atoms with van der Waals surface area (Å²) in [7, 11) is -2.59. The molecule has 2 nitrogen and oxygen atoms in total. The fourth-order valence-electron chi connectivity index (χ4n) is 5.60. The Balaban J connectivity index is 2.23. The molecule has 0 fully saturated rings. The van der Waals surface area contributed by atoms with Crippen molar-refractivity contribution in [1.29, 1.82) is 0 Å². The van der Waals surface area contributed by atoms with Crippen LogP contribution in [0.25, 0.3) is 0 Å². The number of hydrogen-bond donors (Lipinski definition) is 0. The second-order valence-electron chi connectivity index (χ2n) is 11.1. The Bertz CT molecular complexity index is 947. The Hall–Kier alpha value is -1.25. The maximum Gasteiger partial charge on any atom is 0.505 e. The van der Waals surface area contributed by atoms with Gasteiger partial charge in [0.05, 0.1) is 9.79 Å². The second kappa shape index (κ2) is 14.2. The Kier molecular flexibility index (Phi) is 11.6. The predicted octanol–water partition coefficient (Wildman–Crippen LogP) is 12.4. The minimum atomic E-state index is -2.59. The van der Waals surface area contributed by atoms with Gasteiger partial charge in [-0.3, -0.25) is 0 Å². The molecule has 0 bridgehead atoms. The fraction of sp³-hybridized carbons (Fsp3) is 0.625. The van der Waals surface area contributed by atoms with Crippen LogP contribution in [-0.4, -0.2) is 0 Å². The zero-order chi connectivity index (χ0) is 27.1. The molecule has 1 heterocycles. The highest BCUT2D eigenvalue weighted by Crippen LogP contribution is 2.57. The number of fused-ring (bicyclic) bond motifs is 2. The highest BCUT2D eigenvalue weighted by atomic mass is 32.2. The summed E-state index contributed by atoms with van der Waals surface area (Å²) >= 11 is 1.71. The lowest BCUT2D eigenvalue weighted by Gasteiger charge is -2.28. The molecule has 3 rings (SSSR count). The van der Waals surface area contributed by atoms with E-state index in [2.05, 4.69) is 79.7 Å². The van der Waals surface area contributed by atoms with E-state index < -0.39 is 8.69 Å².